The highest BCUT2D eigenvalue weighted by Gasteiger charge is 2.27. The van der Waals surface area contributed by atoms with Crippen molar-refractivity contribution in [3.8, 4) is 0 Å². The van der Waals surface area contributed by atoms with Gasteiger partial charge in [-0.3, -0.25) is 4.79 Å². The van der Waals surface area contributed by atoms with Crippen LogP contribution in [0.5, 0.6) is 0 Å². The molecule has 1 amide bonds. The number of anilines is 2. The number of rotatable bonds is 4. The maximum absolute atomic E-state index is 12.1. The molecule has 0 spiro atoms. The molecule has 0 radical (unpaired) electrons. The van der Waals surface area contributed by atoms with Crippen molar-refractivity contribution in [3.05, 3.63) is 24.3 Å². The lowest BCUT2D eigenvalue weighted by atomic mass is 10.1. The summed E-state index contributed by atoms with van der Waals surface area (Å²) in [6.45, 7) is 7.14. The second kappa shape index (κ2) is 6.42. The maximum Gasteiger partial charge on any atom is 0.240 e. The van der Waals surface area contributed by atoms with Gasteiger partial charge in [0.05, 0.1) is 4.83 Å². The Morgan fingerprint density at radius 3 is 2.47 bits per heavy atom. The molecular formula is C15H21BrN2O. The van der Waals surface area contributed by atoms with Gasteiger partial charge in [-0.05, 0) is 51.0 Å². The maximum atomic E-state index is 12.1. The van der Waals surface area contributed by atoms with Gasteiger partial charge in [-0.2, -0.15) is 0 Å². The number of halogens is 1. The van der Waals surface area contributed by atoms with Crippen LogP contribution in [-0.2, 0) is 4.79 Å². The number of piperidine rings is 1. The summed E-state index contributed by atoms with van der Waals surface area (Å²) in [5, 5.41) is 0. The summed E-state index contributed by atoms with van der Waals surface area (Å²) in [5.74, 6) is 0.182. The summed E-state index contributed by atoms with van der Waals surface area (Å²) >= 11 is 3.45. The minimum atomic E-state index is -0.0243. The second-order valence-electron chi connectivity index (χ2n) is 4.79. The molecule has 1 aromatic rings. The number of nitrogens with zero attached hydrogens (tertiary/aromatic N) is 2. The molecule has 1 saturated heterocycles. The van der Waals surface area contributed by atoms with E-state index in [2.05, 4.69) is 58.9 Å². The van der Waals surface area contributed by atoms with Gasteiger partial charge < -0.3 is 9.80 Å². The number of hydrogen-bond acceptors (Lipinski definition) is 2. The molecule has 1 aliphatic rings. The van der Waals surface area contributed by atoms with Gasteiger partial charge in [0.2, 0.25) is 5.91 Å². The SMILES string of the molecule is CCN(CC)c1ccc(N2CCCC(Br)C2=O)cc1. The molecular weight excluding hydrogens is 304 g/mol. The molecule has 0 saturated carbocycles. The Morgan fingerprint density at radius 2 is 1.89 bits per heavy atom. The highest BCUT2D eigenvalue weighted by atomic mass is 79.9. The zero-order valence-corrected chi connectivity index (χ0v) is 13.2. The molecule has 0 aliphatic carbocycles. The van der Waals surface area contributed by atoms with E-state index in [4.69, 9.17) is 0 Å². The van der Waals surface area contributed by atoms with Crippen LogP contribution in [0.1, 0.15) is 26.7 Å². The molecule has 1 aromatic carbocycles. The molecule has 1 atom stereocenters. The first-order valence-electron chi connectivity index (χ1n) is 6.97. The van der Waals surface area contributed by atoms with Crippen molar-refractivity contribution in [2.75, 3.05) is 29.4 Å². The van der Waals surface area contributed by atoms with Gasteiger partial charge in [-0.15, -0.1) is 0 Å². The normalized spacial score (nSPS) is 19.6. The number of benzene rings is 1. The number of hydrogen-bond donors (Lipinski definition) is 0. The third-order valence-electron chi connectivity index (χ3n) is 3.66. The highest BCUT2D eigenvalue weighted by Crippen LogP contribution is 2.26. The van der Waals surface area contributed by atoms with E-state index in [0.717, 1.165) is 38.2 Å². The molecule has 19 heavy (non-hydrogen) atoms. The van der Waals surface area contributed by atoms with E-state index < -0.39 is 0 Å². The molecule has 3 nitrogen and oxygen atoms in total. The van der Waals surface area contributed by atoms with Gasteiger partial charge in [0.15, 0.2) is 0 Å². The third-order valence-corrected chi connectivity index (χ3v) is 4.51. The van der Waals surface area contributed by atoms with Crippen LogP contribution in [0.2, 0.25) is 0 Å². The van der Waals surface area contributed by atoms with E-state index in [0.29, 0.717) is 0 Å². The largest absolute Gasteiger partial charge is 0.372 e. The number of carbonyl (C=O) groups excluding carboxylic acids is 1. The van der Waals surface area contributed by atoms with Gasteiger partial charge in [0.1, 0.15) is 0 Å². The molecule has 1 unspecified atom stereocenters. The molecule has 0 aromatic heterocycles. The molecule has 1 fully saturated rings. The third kappa shape index (κ3) is 3.11. The Kier molecular flexibility index (Phi) is 4.86. The van der Waals surface area contributed by atoms with Crippen molar-refractivity contribution in [2.45, 2.75) is 31.5 Å². The van der Waals surface area contributed by atoms with Crippen molar-refractivity contribution in [3.63, 3.8) is 0 Å². The monoisotopic (exact) mass is 324 g/mol. The Hall–Kier alpha value is -1.03. The average Bonchev–Trinajstić information content (AvgIpc) is 2.44. The molecule has 104 valence electrons. The van der Waals surface area contributed by atoms with Gasteiger partial charge in [0.25, 0.3) is 0 Å². The predicted molar refractivity (Wildman–Crippen MR) is 84.3 cm³/mol. The van der Waals surface area contributed by atoms with Crippen molar-refractivity contribution >= 4 is 33.2 Å². The summed E-state index contributed by atoms with van der Waals surface area (Å²) in [6.07, 6.45) is 1.99. The molecule has 2 rings (SSSR count). The van der Waals surface area contributed by atoms with Gasteiger partial charge in [-0.1, -0.05) is 15.9 Å². The van der Waals surface area contributed by atoms with Crippen molar-refractivity contribution in [1.82, 2.24) is 0 Å². The molecule has 1 aliphatic heterocycles. The summed E-state index contributed by atoms with van der Waals surface area (Å²) in [4.78, 5) is 16.3. The Labute approximate surface area is 123 Å². The Balaban J connectivity index is 2.16. The smallest absolute Gasteiger partial charge is 0.240 e. The van der Waals surface area contributed by atoms with E-state index in [1.807, 2.05) is 4.90 Å². The van der Waals surface area contributed by atoms with Crippen LogP contribution in [0, 0.1) is 0 Å². The first-order valence-corrected chi connectivity index (χ1v) is 7.89. The summed E-state index contributed by atoms with van der Waals surface area (Å²) < 4.78 is 0. The summed E-state index contributed by atoms with van der Waals surface area (Å²) in [6, 6.07) is 8.31. The Bertz CT molecular complexity index is 428. The lowest BCUT2D eigenvalue weighted by Crippen LogP contribution is -2.41. The fourth-order valence-corrected chi connectivity index (χ4v) is 3.09. The van der Waals surface area contributed by atoms with Crippen LogP contribution in [0.15, 0.2) is 24.3 Å². The molecule has 4 heteroatoms. The lowest BCUT2D eigenvalue weighted by molar-refractivity contribution is -0.118. The van der Waals surface area contributed by atoms with E-state index in [9.17, 15) is 4.79 Å². The first-order chi connectivity index (χ1) is 9.17. The summed E-state index contributed by atoms with van der Waals surface area (Å²) in [5.41, 5.74) is 2.22. The number of alkyl halides is 1. The van der Waals surface area contributed by atoms with Crippen LogP contribution in [-0.4, -0.2) is 30.4 Å². The van der Waals surface area contributed by atoms with E-state index in [1.165, 1.54) is 5.69 Å². The second-order valence-corrected chi connectivity index (χ2v) is 5.89. The average molecular weight is 325 g/mol. The predicted octanol–water partition coefficient (Wildman–Crippen LogP) is 3.42. The minimum absolute atomic E-state index is 0.0243. The molecule has 1 heterocycles. The number of carbonyl (C=O) groups is 1. The first kappa shape index (κ1) is 14.4. The minimum Gasteiger partial charge on any atom is -0.372 e. The Morgan fingerprint density at radius 1 is 1.26 bits per heavy atom. The quantitative estimate of drug-likeness (QED) is 0.792. The van der Waals surface area contributed by atoms with Crippen LogP contribution in [0.25, 0.3) is 0 Å². The van der Waals surface area contributed by atoms with Gasteiger partial charge in [0, 0.05) is 31.0 Å². The standard InChI is InChI=1S/C15H21BrN2O/c1-3-17(4-2)12-7-9-13(10-8-12)18-11-5-6-14(16)15(18)19/h7-10,14H,3-6,11H2,1-2H3. The highest BCUT2D eigenvalue weighted by molar-refractivity contribution is 9.10. The van der Waals surface area contributed by atoms with Gasteiger partial charge >= 0.3 is 0 Å². The fraction of sp³-hybridized carbons (Fsp3) is 0.533. The fourth-order valence-electron chi connectivity index (χ4n) is 2.52. The van der Waals surface area contributed by atoms with Crippen LogP contribution < -0.4 is 9.80 Å². The van der Waals surface area contributed by atoms with E-state index >= 15 is 0 Å². The molecule has 0 N–H and O–H groups in total. The van der Waals surface area contributed by atoms with Crippen molar-refractivity contribution < 1.29 is 4.79 Å². The summed E-state index contributed by atoms with van der Waals surface area (Å²) in [7, 11) is 0. The van der Waals surface area contributed by atoms with Crippen LogP contribution >= 0.6 is 15.9 Å². The number of amides is 1. The van der Waals surface area contributed by atoms with Crippen molar-refractivity contribution in [2.24, 2.45) is 0 Å². The molecule has 0 bridgehead atoms. The zero-order valence-electron chi connectivity index (χ0n) is 11.6. The van der Waals surface area contributed by atoms with Crippen molar-refractivity contribution in [1.29, 1.82) is 0 Å². The van der Waals surface area contributed by atoms with Gasteiger partial charge in [-0.25, -0.2) is 0 Å². The van der Waals surface area contributed by atoms with E-state index in [-0.39, 0.29) is 10.7 Å². The van der Waals surface area contributed by atoms with Crippen LogP contribution in [0.3, 0.4) is 0 Å². The zero-order chi connectivity index (χ0) is 13.8. The van der Waals surface area contributed by atoms with E-state index in [1.54, 1.807) is 0 Å². The van der Waals surface area contributed by atoms with Crippen LogP contribution in [0.4, 0.5) is 11.4 Å². The lowest BCUT2D eigenvalue weighted by Gasteiger charge is -2.30. The topological polar surface area (TPSA) is 23.6 Å².